The lowest BCUT2D eigenvalue weighted by atomic mass is 9.92. The molecule has 1 aromatic heterocycles. The molecule has 1 saturated heterocycles. The topological polar surface area (TPSA) is 87.2 Å². The van der Waals surface area contributed by atoms with Crippen LogP contribution in [0.15, 0.2) is 28.7 Å². The number of fused-ring (bicyclic) bond motifs is 1. The maximum absolute atomic E-state index is 12.9. The van der Waals surface area contributed by atoms with Crippen molar-refractivity contribution >= 4 is 22.8 Å². The van der Waals surface area contributed by atoms with Crippen LogP contribution in [0.25, 0.3) is 11.1 Å². The highest BCUT2D eigenvalue weighted by molar-refractivity contribution is 5.95. The Morgan fingerprint density at radius 1 is 1.32 bits per heavy atom. The van der Waals surface area contributed by atoms with E-state index in [2.05, 4.69) is 4.98 Å². The second-order valence-corrected chi connectivity index (χ2v) is 6.87. The zero-order chi connectivity index (χ0) is 17.4. The highest BCUT2D eigenvalue weighted by Gasteiger charge is 2.42. The van der Waals surface area contributed by atoms with Crippen molar-refractivity contribution in [1.29, 1.82) is 5.26 Å². The minimum atomic E-state index is -1.06. The van der Waals surface area contributed by atoms with Crippen LogP contribution in [-0.2, 0) is 9.59 Å². The summed E-state index contributed by atoms with van der Waals surface area (Å²) in [5.41, 5.74) is 1.18. The largest absolute Gasteiger partial charge is 0.439 e. The van der Waals surface area contributed by atoms with Gasteiger partial charge in [0.2, 0.25) is 11.8 Å². The lowest BCUT2D eigenvalue weighted by Gasteiger charge is -2.24. The van der Waals surface area contributed by atoms with E-state index in [4.69, 9.17) is 4.42 Å². The van der Waals surface area contributed by atoms with Crippen molar-refractivity contribution in [3.05, 3.63) is 30.2 Å². The van der Waals surface area contributed by atoms with Crippen LogP contribution in [0.1, 0.15) is 43.9 Å². The number of ketones is 1. The summed E-state index contributed by atoms with van der Waals surface area (Å²) >= 11 is 0. The molecule has 1 saturated carbocycles. The summed E-state index contributed by atoms with van der Waals surface area (Å²) in [5, 5.41) is 9.51. The number of hydrogen-bond donors (Lipinski definition) is 0. The molecule has 128 valence electrons. The minimum absolute atomic E-state index is 0.0273. The molecule has 25 heavy (non-hydrogen) atoms. The predicted molar refractivity (Wildman–Crippen MR) is 89.4 cm³/mol. The third-order valence-corrected chi connectivity index (χ3v) is 5.30. The van der Waals surface area contributed by atoms with Crippen LogP contribution >= 0.6 is 0 Å². The fourth-order valence-corrected chi connectivity index (χ4v) is 3.98. The van der Waals surface area contributed by atoms with E-state index < -0.39 is 11.8 Å². The Labute approximate surface area is 145 Å². The van der Waals surface area contributed by atoms with Gasteiger partial charge in [-0.2, -0.15) is 5.26 Å². The maximum Gasteiger partial charge on any atom is 0.223 e. The molecule has 0 radical (unpaired) electrons. The summed E-state index contributed by atoms with van der Waals surface area (Å²) < 4.78 is 5.60. The first kappa shape index (κ1) is 15.8. The summed E-state index contributed by atoms with van der Waals surface area (Å²) in [6.45, 7) is 0.417. The van der Waals surface area contributed by atoms with E-state index in [9.17, 15) is 14.9 Å². The Kier molecular flexibility index (Phi) is 4.00. The zero-order valence-electron chi connectivity index (χ0n) is 13.9. The molecule has 0 N–H and O–H groups in total. The maximum atomic E-state index is 12.9. The monoisotopic (exact) mass is 337 g/mol. The smallest absolute Gasteiger partial charge is 0.223 e. The van der Waals surface area contributed by atoms with Crippen LogP contribution in [-0.4, -0.2) is 34.2 Å². The molecular weight excluding hydrogens is 318 g/mol. The summed E-state index contributed by atoms with van der Waals surface area (Å²) in [5.74, 6) is -1.62. The highest BCUT2D eigenvalue weighted by Crippen LogP contribution is 2.32. The fraction of sp³-hybridized carbons (Fsp3) is 0.474. The Morgan fingerprint density at radius 2 is 2.08 bits per heavy atom. The molecule has 0 spiro atoms. The number of aromatic nitrogens is 1. The molecule has 2 atom stereocenters. The molecule has 1 amide bonds. The van der Waals surface area contributed by atoms with Gasteiger partial charge in [0.1, 0.15) is 5.52 Å². The van der Waals surface area contributed by atoms with E-state index >= 15 is 0 Å². The zero-order valence-corrected chi connectivity index (χ0v) is 13.9. The molecule has 1 aliphatic carbocycles. The number of nitrogens with zero attached hydrogens (tertiary/aromatic N) is 3. The number of likely N-dealkylation sites (tertiary alicyclic amines) is 1. The molecule has 2 aliphatic rings. The van der Waals surface area contributed by atoms with Gasteiger partial charge < -0.3 is 9.32 Å². The van der Waals surface area contributed by atoms with Gasteiger partial charge in [0, 0.05) is 24.9 Å². The Hall–Kier alpha value is -2.68. The summed E-state index contributed by atoms with van der Waals surface area (Å²) in [6, 6.07) is 9.46. The van der Waals surface area contributed by atoms with Crippen molar-refractivity contribution in [1.82, 2.24) is 9.88 Å². The Morgan fingerprint density at radius 3 is 2.80 bits per heavy atom. The molecule has 4 rings (SSSR count). The van der Waals surface area contributed by atoms with Crippen molar-refractivity contribution < 1.29 is 14.0 Å². The van der Waals surface area contributed by atoms with Gasteiger partial charge in [-0.15, -0.1) is 0 Å². The molecule has 1 aliphatic heterocycles. The number of benzene rings is 1. The van der Waals surface area contributed by atoms with Crippen LogP contribution in [0.3, 0.4) is 0 Å². The van der Waals surface area contributed by atoms with E-state index in [1.165, 1.54) is 0 Å². The summed E-state index contributed by atoms with van der Waals surface area (Å²) in [7, 11) is 0. The van der Waals surface area contributed by atoms with Crippen LogP contribution in [0.5, 0.6) is 0 Å². The average Bonchev–Trinajstić information content (AvgIpc) is 3.33. The van der Waals surface area contributed by atoms with Gasteiger partial charge in [-0.05, 0) is 25.0 Å². The second kappa shape index (κ2) is 6.32. The molecule has 2 fully saturated rings. The van der Waals surface area contributed by atoms with Crippen LogP contribution in [0.4, 0.5) is 0 Å². The molecule has 0 bridgehead atoms. The first-order valence-electron chi connectivity index (χ1n) is 8.75. The van der Waals surface area contributed by atoms with Crippen LogP contribution < -0.4 is 0 Å². The van der Waals surface area contributed by atoms with Crippen molar-refractivity contribution in [2.75, 3.05) is 6.54 Å². The van der Waals surface area contributed by atoms with E-state index in [0.717, 1.165) is 25.7 Å². The lowest BCUT2D eigenvalue weighted by molar-refractivity contribution is -0.130. The number of rotatable bonds is 4. The number of carbonyl (C=O) groups excluding carboxylic acids is 2. The predicted octanol–water partition coefficient (Wildman–Crippen LogP) is 2.80. The summed E-state index contributed by atoms with van der Waals surface area (Å²) in [4.78, 5) is 31.3. The number of carbonyl (C=O) groups is 2. The number of Topliss-reactive ketones (excluding diaryl/α,β-unsaturated/α-hetero) is 1. The molecule has 1 aromatic carbocycles. The van der Waals surface area contributed by atoms with Gasteiger partial charge in [0.25, 0.3) is 0 Å². The van der Waals surface area contributed by atoms with E-state index in [1.54, 1.807) is 12.1 Å². The molecule has 0 unspecified atom stereocenters. The number of oxazole rings is 1. The first-order chi connectivity index (χ1) is 12.2. The Bertz CT molecular complexity index is 827. The molecule has 2 heterocycles. The highest BCUT2D eigenvalue weighted by atomic mass is 16.3. The van der Waals surface area contributed by atoms with E-state index in [0.29, 0.717) is 17.6 Å². The molecule has 6 nitrogen and oxygen atoms in total. The van der Waals surface area contributed by atoms with E-state index in [-0.39, 0.29) is 30.0 Å². The average molecular weight is 337 g/mol. The number of hydrogen-bond acceptors (Lipinski definition) is 5. The van der Waals surface area contributed by atoms with Crippen molar-refractivity contribution in [2.45, 2.75) is 44.1 Å². The number of para-hydroxylation sites is 2. The lowest BCUT2D eigenvalue weighted by Crippen LogP contribution is -2.35. The van der Waals surface area contributed by atoms with Gasteiger partial charge in [0.05, 0.1) is 6.07 Å². The summed E-state index contributed by atoms with van der Waals surface area (Å²) in [6.07, 6.45) is 4.49. The SMILES string of the molecule is N#C[C@@H](C(=O)[C@H]1CC(=O)N(C2CCCC2)C1)c1nc2ccccc2o1. The Balaban J connectivity index is 1.54. The third kappa shape index (κ3) is 2.80. The standard InChI is InChI=1S/C19H19N3O3/c20-10-14(19-21-15-7-3-4-8-16(15)25-19)18(24)12-9-17(23)22(11-12)13-5-1-2-6-13/h3-4,7-8,12-14H,1-2,5-6,9,11H2/t12-,14-/m0/s1. The second-order valence-electron chi connectivity index (χ2n) is 6.87. The molecular formula is C19H19N3O3. The van der Waals surface area contributed by atoms with Crippen LogP contribution in [0, 0.1) is 17.2 Å². The van der Waals surface area contributed by atoms with Crippen LogP contribution in [0.2, 0.25) is 0 Å². The third-order valence-electron chi connectivity index (χ3n) is 5.30. The fourth-order valence-electron chi connectivity index (χ4n) is 3.98. The number of amides is 1. The van der Waals surface area contributed by atoms with Gasteiger partial charge in [-0.25, -0.2) is 4.98 Å². The molecule has 6 heteroatoms. The molecule has 2 aromatic rings. The quantitative estimate of drug-likeness (QED) is 0.856. The van der Waals surface area contributed by atoms with Crippen molar-refractivity contribution in [3.63, 3.8) is 0 Å². The van der Waals surface area contributed by atoms with Gasteiger partial charge in [-0.3, -0.25) is 9.59 Å². The minimum Gasteiger partial charge on any atom is -0.439 e. The van der Waals surface area contributed by atoms with Gasteiger partial charge in [0.15, 0.2) is 17.3 Å². The van der Waals surface area contributed by atoms with Gasteiger partial charge >= 0.3 is 0 Å². The van der Waals surface area contributed by atoms with Gasteiger partial charge in [-0.1, -0.05) is 25.0 Å². The van der Waals surface area contributed by atoms with Crippen molar-refractivity contribution in [3.8, 4) is 6.07 Å². The number of nitriles is 1. The van der Waals surface area contributed by atoms with Crippen molar-refractivity contribution in [2.24, 2.45) is 5.92 Å². The first-order valence-corrected chi connectivity index (χ1v) is 8.75. The normalized spacial score (nSPS) is 22.4. The van der Waals surface area contributed by atoms with E-state index in [1.807, 2.05) is 23.1 Å².